The van der Waals surface area contributed by atoms with Crippen molar-refractivity contribution in [2.24, 2.45) is 5.92 Å². The predicted octanol–water partition coefficient (Wildman–Crippen LogP) is 3.96. The quantitative estimate of drug-likeness (QED) is 0.677. The van der Waals surface area contributed by atoms with Crippen molar-refractivity contribution >= 4 is 29.2 Å². The summed E-state index contributed by atoms with van der Waals surface area (Å²) in [5.41, 5.74) is 2.07. The largest absolute Gasteiger partial charge is 0.455 e. The maximum atomic E-state index is 12.6. The molecule has 0 spiro atoms. The van der Waals surface area contributed by atoms with Crippen LogP contribution in [0.4, 0.5) is 11.4 Å². The summed E-state index contributed by atoms with van der Waals surface area (Å²) < 4.78 is 5.28. The maximum Gasteiger partial charge on any atom is 0.314 e. The molecule has 0 bridgehead atoms. The highest BCUT2D eigenvalue weighted by atomic mass is 16.5. The highest BCUT2D eigenvalue weighted by Gasteiger charge is 2.27. The average molecular weight is 382 g/mol. The van der Waals surface area contributed by atoms with E-state index in [0.717, 1.165) is 12.0 Å². The van der Waals surface area contributed by atoms with Crippen LogP contribution in [-0.2, 0) is 19.1 Å². The number of benzene rings is 2. The molecule has 0 radical (unpaired) electrons. The molecule has 2 amide bonds. The molecule has 0 aliphatic rings. The number of carbonyl (C=O) groups excluding carboxylic acids is 3. The van der Waals surface area contributed by atoms with Crippen LogP contribution in [0, 0.1) is 5.92 Å². The second kappa shape index (κ2) is 10.3. The summed E-state index contributed by atoms with van der Waals surface area (Å²) in [5, 5.41) is 5.32. The molecule has 0 saturated heterocycles. The van der Waals surface area contributed by atoms with E-state index in [1.807, 2.05) is 44.2 Å². The normalized spacial score (nSPS) is 12.5. The third-order valence-corrected chi connectivity index (χ3v) is 4.46. The first-order valence-electron chi connectivity index (χ1n) is 9.29. The summed E-state index contributed by atoms with van der Waals surface area (Å²) in [4.78, 5) is 35.7. The Morgan fingerprint density at radius 2 is 1.50 bits per heavy atom. The minimum Gasteiger partial charge on any atom is -0.455 e. The lowest BCUT2D eigenvalue weighted by molar-refractivity contribution is -0.150. The first-order valence-corrected chi connectivity index (χ1v) is 9.29. The highest BCUT2D eigenvalue weighted by molar-refractivity contribution is 5.94. The van der Waals surface area contributed by atoms with Crippen LogP contribution >= 0.6 is 0 Å². The van der Waals surface area contributed by atoms with Gasteiger partial charge in [-0.15, -0.1) is 0 Å². The SMILES string of the molecule is CC[C@@H](C)[C@@H](C(=O)OCC(=O)Nc1ccc(NC(C)=O)cc1)c1ccccc1. The van der Waals surface area contributed by atoms with Gasteiger partial charge in [-0.2, -0.15) is 0 Å². The summed E-state index contributed by atoms with van der Waals surface area (Å²) in [6, 6.07) is 16.1. The molecule has 28 heavy (non-hydrogen) atoms. The Labute approximate surface area is 165 Å². The van der Waals surface area contributed by atoms with Crippen LogP contribution in [0.2, 0.25) is 0 Å². The summed E-state index contributed by atoms with van der Waals surface area (Å²) in [7, 11) is 0. The molecule has 2 aromatic rings. The lowest BCUT2D eigenvalue weighted by Crippen LogP contribution is -2.26. The number of hydrogen-bond donors (Lipinski definition) is 2. The van der Waals surface area contributed by atoms with Gasteiger partial charge < -0.3 is 15.4 Å². The monoisotopic (exact) mass is 382 g/mol. The number of anilines is 2. The summed E-state index contributed by atoms with van der Waals surface area (Å²) in [6.45, 7) is 5.08. The first-order chi connectivity index (χ1) is 13.4. The Kier molecular flexibility index (Phi) is 7.75. The van der Waals surface area contributed by atoms with Crippen molar-refractivity contribution in [3.63, 3.8) is 0 Å². The van der Waals surface area contributed by atoms with Gasteiger partial charge in [0.1, 0.15) is 0 Å². The van der Waals surface area contributed by atoms with Crippen LogP contribution in [0.5, 0.6) is 0 Å². The molecule has 0 heterocycles. The van der Waals surface area contributed by atoms with E-state index < -0.39 is 17.8 Å². The minimum absolute atomic E-state index is 0.0966. The Morgan fingerprint density at radius 3 is 2.04 bits per heavy atom. The molecule has 0 saturated carbocycles. The van der Waals surface area contributed by atoms with Crippen molar-refractivity contribution in [2.75, 3.05) is 17.2 Å². The number of nitrogens with one attached hydrogen (secondary N) is 2. The molecule has 2 atom stereocenters. The molecule has 148 valence electrons. The van der Waals surface area contributed by atoms with Crippen LogP contribution < -0.4 is 10.6 Å². The molecule has 2 rings (SSSR count). The van der Waals surface area contributed by atoms with Crippen molar-refractivity contribution in [1.29, 1.82) is 0 Å². The minimum atomic E-state index is -0.420. The Bertz CT molecular complexity index is 803. The predicted molar refractivity (Wildman–Crippen MR) is 109 cm³/mol. The van der Waals surface area contributed by atoms with E-state index in [0.29, 0.717) is 11.4 Å². The third kappa shape index (κ3) is 6.23. The number of esters is 1. The Hall–Kier alpha value is -3.15. The zero-order chi connectivity index (χ0) is 20.5. The van der Waals surface area contributed by atoms with Gasteiger partial charge >= 0.3 is 5.97 Å². The summed E-state index contributed by atoms with van der Waals surface area (Å²) in [5.74, 6) is -1.30. The van der Waals surface area contributed by atoms with Crippen LogP contribution in [-0.4, -0.2) is 24.4 Å². The smallest absolute Gasteiger partial charge is 0.314 e. The third-order valence-electron chi connectivity index (χ3n) is 4.46. The topological polar surface area (TPSA) is 84.5 Å². The second-order valence-electron chi connectivity index (χ2n) is 6.69. The molecule has 0 fully saturated rings. The van der Waals surface area contributed by atoms with E-state index >= 15 is 0 Å². The Balaban J connectivity index is 1.93. The molecule has 0 unspecified atom stereocenters. The molecule has 0 aromatic heterocycles. The van der Waals surface area contributed by atoms with Crippen LogP contribution in [0.15, 0.2) is 54.6 Å². The lowest BCUT2D eigenvalue weighted by Gasteiger charge is -2.21. The lowest BCUT2D eigenvalue weighted by atomic mass is 9.86. The van der Waals surface area contributed by atoms with E-state index in [9.17, 15) is 14.4 Å². The van der Waals surface area contributed by atoms with Gasteiger partial charge in [0, 0.05) is 18.3 Å². The first kappa shape index (κ1) is 21.2. The molecule has 0 aliphatic heterocycles. The fourth-order valence-electron chi connectivity index (χ4n) is 2.86. The van der Waals surface area contributed by atoms with E-state index in [-0.39, 0.29) is 18.4 Å². The van der Waals surface area contributed by atoms with Crippen LogP contribution in [0.1, 0.15) is 38.7 Å². The van der Waals surface area contributed by atoms with E-state index in [2.05, 4.69) is 10.6 Å². The number of hydrogen-bond acceptors (Lipinski definition) is 4. The zero-order valence-electron chi connectivity index (χ0n) is 16.4. The van der Waals surface area contributed by atoms with Crippen LogP contribution in [0.25, 0.3) is 0 Å². The van der Waals surface area contributed by atoms with Gasteiger partial charge in [0.15, 0.2) is 6.61 Å². The number of rotatable bonds is 8. The Morgan fingerprint density at radius 1 is 0.929 bits per heavy atom. The fourth-order valence-corrected chi connectivity index (χ4v) is 2.86. The molecule has 6 nitrogen and oxygen atoms in total. The van der Waals surface area contributed by atoms with E-state index in [4.69, 9.17) is 4.74 Å². The second-order valence-corrected chi connectivity index (χ2v) is 6.69. The molecule has 6 heteroatoms. The maximum absolute atomic E-state index is 12.6. The van der Waals surface area contributed by atoms with E-state index in [1.54, 1.807) is 24.3 Å². The van der Waals surface area contributed by atoms with Crippen molar-refractivity contribution in [3.8, 4) is 0 Å². The van der Waals surface area contributed by atoms with Crippen molar-refractivity contribution < 1.29 is 19.1 Å². The molecular weight excluding hydrogens is 356 g/mol. The van der Waals surface area contributed by atoms with Crippen molar-refractivity contribution in [3.05, 3.63) is 60.2 Å². The van der Waals surface area contributed by atoms with Gasteiger partial charge in [0.05, 0.1) is 5.92 Å². The number of amides is 2. The molecule has 0 aliphatic carbocycles. The van der Waals surface area contributed by atoms with Gasteiger partial charge in [0.2, 0.25) is 5.91 Å². The average Bonchev–Trinajstić information content (AvgIpc) is 2.68. The van der Waals surface area contributed by atoms with Gasteiger partial charge in [-0.1, -0.05) is 50.6 Å². The van der Waals surface area contributed by atoms with Gasteiger partial charge in [-0.05, 0) is 35.7 Å². The van der Waals surface area contributed by atoms with Gasteiger partial charge in [0.25, 0.3) is 5.91 Å². The molecule has 2 N–H and O–H groups in total. The number of carbonyl (C=O) groups is 3. The van der Waals surface area contributed by atoms with E-state index in [1.165, 1.54) is 6.92 Å². The van der Waals surface area contributed by atoms with Gasteiger partial charge in [-0.3, -0.25) is 14.4 Å². The molecular formula is C22H26N2O4. The fraction of sp³-hybridized carbons (Fsp3) is 0.318. The summed E-state index contributed by atoms with van der Waals surface area (Å²) >= 11 is 0. The van der Waals surface area contributed by atoms with Crippen LogP contribution in [0.3, 0.4) is 0 Å². The summed E-state index contributed by atoms with van der Waals surface area (Å²) in [6.07, 6.45) is 0.821. The van der Waals surface area contributed by atoms with Crippen molar-refractivity contribution in [2.45, 2.75) is 33.1 Å². The number of ether oxygens (including phenoxy) is 1. The van der Waals surface area contributed by atoms with Gasteiger partial charge in [-0.25, -0.2) is 0 Å². The standard InChI is InChI=1S/C22H26N2O4/c1-4-15(2)21(17-8-6-5-7-9-17)22(27)28-14-20(26)24-19-12-10-18(11-13-19)23-16(3)25/h5-13,15,21H,4,14H2,1-3H3,(H,23,25)(H,24,26)/t15-,21-/m1/s1. The molecule has 2 aromatic carbocycles. The zero-order valence-corrected chi connectivity index (χ0v) is 16.4. The highest BCUT2D eigenvalue weighted by Crippen LogP contribution is 2.28. The van der Waals surface area contributed by atoms with Crippen molar-refractivity contribution in [1.82, 2.24) is 0 Å².